The van der Waals surface area contributed by atoms with Crippen molar-refractivity contribution < 1.29 is 19.1 Å². The smallest absolute Gasteiger partial charge is 0.340 e. The third kappa shape index (κ3) is 4.28. The summed E-state index contributed by atoms with van der Waals surface area (Å²) in [6.45, 7) is 3.90. The van der Waals surface area contributed by atoms with Crippen LogP contribution >= 0.6 is 0 Å². The van der Waals surface area contributed by atoms with Crippen LogP contribution in [0.2, 0.25) is 0 Å². The lowest BCUT2D eigenvalue weighted by atomic mass is 10.2. The van der Waals surface area contributed by atoms with Crippen LogP contribution in [0.3, 0.4) is 0 Å². The van der Waals surface area contributed by atoms with E-state index in [1.807, 2.05) is 38.1 Å². The number of carbonyl (C=O) groups is 2. The second-order valence-corrected chi connectivity index (χ2v) is 6.48. The maximum atomic E-state index is 12.2. The van der Waals surface area contributed by atoms with Gasteiger partial charge in [0.2, 0.25) is 0 Å². The molecule has 0 fully saturated rings. The predicted molar refractivity (Wildman–Crippen MR) is 103 cm³/mol. The fraction of sp³-hybridized carbons (Fsp3) is 0.300. The van der Waals surface area contributed by atoms with E-state index in [0.29, 0.717) is 11.4 Å². The molecule has 8 nitrogen and oxygen atoms in total. The van der Waals surface area contributed by atoms with Crippen molar-refractivity contribution in [3.05, 3.63) is 53.9 Å². The van der Waals surface area contributed by atoms with Crippen molar-refractivity contribution in [1.29, 1.82) is 0 Å². The predicted octanol–water partition coefficient (Wildman–Crippen LogP) is 2.49. The molecule has 3 rings (SSSR count). The van der Waals surface area contributed by atoms with Crippen LogP contribution in [0.25, 0.3) is 11.0 Å². The highest BCUT2D eigenvalue weighted by Crippen LogP contribution is 2.18. The summed E-state index contributed by atoms with van der Waals surface area (Å²) in [5, 5.41) is 7.70. The highest BCUT2D eigenvalue weighted by atomic mass is 16.5. The molecule has 0 atom stereocenters. The first-order chi connectivity index (χ1) is 13.5. The van der Waals surface area contributed by atoms with Gasteiger partial charge in [0.15, 0.2) is 12.3 Å². The van der Waals surface area contributed by atoms with E-state index < -0.39 is 11.9 Å². The van der Waals surface area contributed by atoms with Crippen molar-refractivity contribution in [3.8, 4) is 5.75 Å². The molecule has 1 amide bonds. The Kier molecular flexibility index (Phi) is 5.88. The molecule has 0 saturated heterocycles. The van der Waals surface area contributed by atoms with E-state index in [-0.39, 0.29) is 24.8 Å². The number of esters is 1. The van der Waals surface area contributed by atoms with E-state index >= 15 is 0 Å². The van der Waals surface area contributed by atoms with E-state index in [1.54, 1.807) is 24.1 Å². The molecule has 0 aliphatic carbocycles. The first-order valence-corrected chi connectivity index (χ1v) is 8.88. The topological polar surface area (TPSA) is 95.3 Å². The highest BCUT2D eigenvalue weighted by molar-refractivity contribution is 5.94. The average Bonchev–Trinajstić information content (AvgIpc) is 3.14. The Morgan fingerprint density at radius 3 is 2.75 bits per heavy atom. The largest absolute Gasteiger partial charge is 0.496 e. The Bertz CT molecular complexity index is 997. The molecule has 8 heteroatoms. The number of benzene rings is 1. The summed E-state index contributed by atoms with van der Waals surface area (Å²) in [5.74, 6) is -0.332. The van der Waals surface area contributed by atoms with Gasteiger partial charge in [0, 0.05) is 29.7 Å². The molecule has 0 aliphatic heterocycles. The van der Waals surface area contributed by atoms with Gasteiger partial charge in [-0.15, -0.1) is 0 Å². The van der Waals surface area contributed by atoms with Crippen LogP contribution in [0.1, 0.15) is 35.8 Å². The SMILES string of the molecule is COc1ccccc1CNC(=O)COC(=O)c1cnc2c(cnn2C(C)C)c1. The van der Waals surface area contributed by atoms with Gasteiger partial charge >= 0.3 is 5.97 Å². The van der Waals surface area contributed by atoms with Crippen LogP contribution in [-0.4, -0.2) is 40.4 Å². The fourth-order valence-electron chi connectivity index (χ4n) is 2.74. The molecule has 0 radical (unpaired) electrons. The van der Waals surface area contributed by atoms with Crippen molar-refractivity contribution in [2.75, 3.05) is 13.7 Å². The number of amides is 1. The van der Waals surface area contributed by atoms with Crippen LogP contribution in [0.4, 0.5) is 0 Å². The van der Waals surface area contributed by atoms with Gasteiger partial charge in [-0.2, -0.15) is 5.10 Å². The molecule has 0 bridgehead atoms. The first-order valence-electron chi connectivity index (χ1n) is 8.88. The van der Waals surface area contributed by atoms with Crippen molar-refractivity contribution in [1.82, 2.24) is 20.1 Å². The molecule has 146 valence electrons. The van der Waals surface area contributed by atoms with Crippen LogP contribution in [-0.2, 0) is 16.1 Å². The minimum absolute atomic E-state index is 0.162. The maximum Gasteiger partial charge on any atom is 0.340 e. The van der Waals surface area contributed by atoms with Gasteiger partial charge in [-0.1, -0.05) is 18.2 Å². The minimum atomic E-state index is -0.612. The van der Waals surface area contributed by atoms with Crippen molar-refractivity contribution in [2.24, 2.45) is 0 Å². The Labute approximate surface area is 162 Å². The number of nitrogens with one attached hydrogen (secondary N) is 1. The number of ether oxygens (including phenoxy) is 2. The zero-order valence-electron chi connectivity index (χ0n) is 16.0. The molecule has 1 N–H and O–H groups in total. The number of rotatable bonds is 7. The Morgan fingerprint density at radius 1 is 1.21 bits per heavy atom. The first kappa shape index (κ1) is 19.3. The average molecular weight is 382 g/mol. The van der Waals surface area contributed by atoms with Crippen LogP contribution < -0.4 is 10.1 Å². The van der Waals surface area contributed by atoms with Gasteiger partial charge in [-0.05, 0) is 26.0 Å². The van der Waals surface area contributed by atoms with Crippen molar-refractivity contribution in [2.45, 2.75) is 26.4 Å². The van der Waals surface area contributed by atoms with Gasteiger partial charge in [0.05, 0.1) is 18.9 Å². The lowest BCUT2D eigenvalue weighted by molar-refractivity contribution is -0.124. The second-order valence-electron chi connectivity index (χ2n) is 6.48. The molecule has 2 heterocycles. The molecule has 2 aromatic heterocycles. The number of aromatic nitrogens is 3. The molecule has 0 unspecified atom stereocenters. The van der Waals surface area contributed by atoms with Gasteiger partial charge in [0.25, 0.3) is 5.91 Å². The number of carbonyl (C=O) groups excluding carboxylic acids is 2. The number of methoxy groups -OCH3 is 1. The van der Waals surface area contributed by atoms with Gasteiger partial charge < -0.3 is 14.8 Å². The summed E-state index contributed by atoms with van der Waals surface area (Å²) in [7, 11) is 1.57. The van der Waals surface area contributed by atoms with Gasteiger partial charge in [-0.3, -0.25) is 4.79 Å². The number of nitrogens with zero attached hydrogens (tertiary/aromatic N) is 3. The molecular formula is C20H22N4O4. The summed E-state index contributed by atoms with van der Waals surface area (Å²) in [6, 6.07) is 9.18. The number of hydrogen-bond donors (Lipinski definition) is 1. The summed E-state index contributed by atoms with van der Waals surface area (Å²) in [4.78, 5) is 28.5. The molecule has 28 heavy (non-hydrogen) atoms. The standard InChI is InChI=1S/C20H22N4O4/c1-13(2)24-19-15(11-23-24)8-16(10-22-19)20(26)28-12-18(25)21-9-14-6-4-5-7-17(14)27-3/h4-8,10-11,13H,9,12H2,1-3H3,(H,21,25). The monoisotopic (exact) mass is 382 g/mol. The van der Waals surface area contributed by atoms with Crippen LogP contribution in [0.5, 0.6) is 5.75 Å². The molecule has 3 aromatic rings. The van der Waals surface area contributed by atoms with Crippen molar-refractivity contribution >= 4 is 22.9 Å². The van der Waals surface area contributed by atoms with E-state index in [0.717, 1.165) is 10.9 Å². The van der Waals surface area contributed by atoms with Crippen LogP contribution in [0, 0.1) is 0 Å². The lowest BCUT2D eigenvalue weighted by Crippen LogP contribution is -2.28. The number of fused-ring (bicyclic) bond motifs is 1. The van der Waals surface area contributed by atoms with E-state index in [4.69, 9.17) is 9.47 Å². The van der Waals surface area contributed by atoms with Crippen LogP contribution in [0.15, 0.2) is 42.7 Å². The number of hydrogen-bond acceptors (Lipinski definition) is 6. The highest BCUT2D eigenvalue weighted by Gasteiger charge is 2.14. The molecule has 0 spiro atoms. The normalized spacial score (nSPS) is 10.9. The number of para-hydroxylation sites is 1. The zero-order chi connectivity index (χ0) is 20.1. The molecule has 0 aliphatic rings. The Balaban J connectivity index is 1.56. The molecule has 1 aromatic carbocycles. The van der Waals surface area contributed by atoms with E-state index in [2.05, 4.69) is 15.4 Å². The number of pyridine rings is 1. The molecular weight excluding hydrogens is 360 g/mol. The van der Waals surface area contributed by atoms with Gasteiger partial charge in [-0.25, -0.2) is 14.5 Å². The van der Waals surface area contributed by atoms with E-state index in [9.17, 15) is 9.59 Å². The summed E-state index contributed by atoms with van der Waals surface area (Å²) in [5.41, 5.74) is 1.80. The fourth-order valence-corrected chi connectivity index (χ4v) is 2.74. The van der Waals surface area contributed by atoms with Gasteiger partial charge in [0.1, 0.15) is 5.75 Å². The third-order valence-corrected chi connectivity index (χ3v) is 4.16. The molecule has 0 saturated carbocycles. The second kappa shape index (κ2) is 8.51. The van der Waals surface area contributed by atoms with E-state index in [1.165, 1.54) is 6.20 Å². The van der Waals surface area contributed by atoms with Crippen molar-refractivity contribution in [3.63, 3.8) is 0 Å². The Hall–Kier alpha value is -3.42. The lowest BCUT2D eigenvalue weighted by Gasteiger charge is -2.10. The maximum absolute atomic E-state index is 12.2. The Morgan fingerprint density at radius 2 is 2.00 bits per heavy atom. The quantitative estimate of drug-likeness (QED) is 0.631. The third-order valence-electron chi connectivity index (χ3n) is 4.16. The summed E-state index contributed by atoms with van der Waals surface area (Å²) < 4.78 is 12.1. The minimum Gasteiger partial charge on any atom is -0.496 e. The summed E-state index contributed by atoms with van der Waals surface area (Å²) >= 11 is 0. The summed E-state index contributed by atoms with van der Waals surface area (Å²) in [6.07, 6.45) is 3.08. The zero-order valence-corrected chi connectivity index (χ0v) is 16.0.